The molecule has 1 aromatic heterocycles. The van der Waals surface area contributed by atoms with Gasteiger partial charge in [-0.1, -0.05) is 49.2 Å². The molecule has 2 fully saturated rings. The average molecular weight is 371 g/mol. The minimum Gasteiger partial charge on any atom is -0.309 e. The van der Waals surface area contributed by atoms with E-state index in [1.54, 1.807) is 0 Å². The Morgan fingerprint density at radius 3 is 2.54 bits per heavy atom. The van der Waals surface area contributed by atoms with E-state index in [0.717, 1.165) is 29.5 Å². The molecule has 2 aliphatic carbocycles. The number of benzene rings is 1. The first-order valence-electron chi connectivity index (χ1n) is 9.63. The zero-order valence-corrected chi connectivity index (χ0v) is 16.1. The number of anilines is 1. The number of para-hydroxylation sites is 1. The first-order chi connectivity index (χ1) is 12.7. The minimum atomic E-state index is 0.170. The molecule has 0 unspecified atom stereocenters. The molecule has 1 amide bonds. The second-order valence-corrected chi connectivity index (χ2v) is 8.30. The van der Waals surface area contributed by atoms with E-state index in [1.165, 1.54) is 43.9 Å². The standard InChI is InChI=1S/C20H26N4OS/c1-23-19(15-12-13-15)21-22-20(23)26-14-18(25)24(16-8-4-2-5-9-16)17-10-6-3-7-11-17/h2,4-5,8-9,15,17H,3,6-7,10-14H2,1H3. The van der Waals surface area contributed by atoms with Crippen molar-refractivity contribution < 1.29 is 4.79 Å². The highest BCUT2D eigenvalue weighted by Crippen LogP contribution is 2.39. The first-order valence-corrected chi connectivity index (χ1v) is 10.6. The Morgan fingerprint density at radius 2 is 1.85 bits per heavy atom. The van der Waals surface area contributed by atoms with Gasteiger partial charge in [0.15, 0.2) is 5.16 Å². The van der Waals surface area contributed by atoms with Gasteiger partial charge in [0.25, 0.3) is 0 Å². The molecule has 0 N–H and O–H groups in total. The van der Waals surface area contributed by atoms with E-state index in [-0.39, 0.29) is 5.91 Å². The number of carbonyl (C=O) groups is 1. The van der Waals surface area contributed by atoms with Gasteiger partial charge in [-0.05, 0) is 37.8 Å². The maximum atomic E-state index is 13.1. The van der Waals surface area contributed by atoms with Gasteiger partial charge in [0.05, 0.1) is 5.75 Å². The monoisotopic (exact) mass is 370 g/mol. The molecule has 6 heteroatoms. The third-order valence-electron chi connectivity index (χ3n) is 5.38. The van der Waals surface area contributed by atoms with E-state index in [0.29, 0.717) is 17.7 Å². The van der Waals surface area contributed by atoms with Gasteiger partial charge in [-0.2, -0.15) is 0 Å². The summed E-state index contributed by atoms with van der Waals surface area (Å²) in [5, 5.41) is 9.46. The molecule has 0 bridgehead atoms. The van der Waals surface area contributed by atoms with Crippen LogP contribution < -0.4 is 4.90 Å². The maximum Gasteiger partial charge on any atom is 0.237 e. The molecule has 26 heavy (non-hydrogen) atoms. The van der Waals surface area contributed by atoms with E-state index in [1.807, 2.05) is 42.3 Å². The zero-order chi connectivity index (χ0) is 17.9. The number of carbonyl (C=O) groups excluding carboxylic acids is 1. The van der Waals surface area contributed by atoms with Gasteiger partial charge in [-0.25, -0.2) is 0 Å². The quantitative estimate of drug-likeness (QED) is 0.717. The van der Waals surface area contributed by atoms with Crippen LogP contribution in [0.3, 0.4) is 0 Å². The summed E-state index contributed by atoms with van der Waals surface area (Å²) >= 11 is 1.51. The van der Waals surface area contributed by atoms with Crippen LogP contribution in [0.15, 0.2) is 35.5 Å². The van der Waals surface area contributed by atoms with Crippen molar-refractivity contribution in [3.05, 3.63) is 36.2 Å². The predicted molar refractivity (Wildman–Crippen MR) is 105 cm³/mol. The van der Waals surface area contributed by atoms with Crippen molar-refractivity contribution in [3.63, 3.8) is 0 Å². The van der Waals surface area contributed by atoms with Gasteiger partial charge in [0.2, 0.25) is 5.91 Å². The van der Waals surface area contributed by atoms with Crippen molar-refractivity contribution in [3.8, 4) is 0 Å². The Labute approximate surface area is 159 Å². The van der Waals surface area contributed by atoms with E-state index >= 15 is 0 Å². The molecule has 2 aliphatic rings. The number of amides is 1. The molecule has 0 saturated heterocycles. The summed E-state index contributed by atoms with van der Waals surface area (Å²) in [5.74, 6) is 2.21. The van der Waals surface area contributed by atoms with Crippen LogP contribution in [0.4, 0.5) is 5.69 Å². The minimum absolute atomic E-state index is 0.170. The molecule has 4 rings (SSSR count). The summed E-state index contributed by atoms with van der Waals surface area (Å²) in [5.41, 5.74) is 1.02. The van der Waals surface area contributed by atoms with Crippen molar-refractivity contribution in [2.24, 2.45) is 7.05 Å². The van der Waals surface area contributed by atoms with Crippen LogP contribution in [-0.4, -0.2) is 32.5 Å². The Balaban J connectivity index is 1.47. The second-order valence-electron chi connectivity index (χ2n) is 7.35. The van der Waals surface area contributed by atoms with E-state index < -0.39 is 0 Å². The van der Waals surface area contributed by atoms with Gasteiger partial charge in [0, 0.05) is 24.7 Å². The number of rotatable bonds is 6. The van der Waals surface area contributed by atoms with Crippen molar-refractivity contribution in [2.45, 2.75) is 62.1 Å². The summed E-state index contributed by atoms with van der Waals surface area (Å²) in [4.78, 5) is 15.2. The molecule has 2 saturated carbocycles. The molecule has 0 radical (unpaired) electrons. The number of nitrogens with zero attached hydrogens (tertiary/aromatic N) is 4. The van der Waals surface area contributed by atoms with E-state index in [2.05, 4.69) is 14.8 Å². The van der Waals surface area contributed by atoms with Gasteiger partial charge in [-0.15, -0.1) is 10.2 Å². The van der Waals surface area contributed by atoms with Crippen molar-refractivity contribution >= 4 is 23.4 Å². The van der Waals surface area contributed by atoms with Crippen LogP contribution in [0.1, 0.15) is 56.7 Å². The predicted octanol–water partition coefficient (Wildman–Crippen LogP) is 4.15. The smallest absolute Gasteiger partial charge is 0.237 e. The molecular formula is C20H26N4OS. The highest BCUT2D eigenvalue weighted by Gasteiger charge is 2.30. The Morgan fingerprint density at radius 1 is 1.12 bits per heavy atom. The van der Waals surface area contributed by atoms with Gasteiger partial charge in [0.1, 0.15) is 5.82 Å². The maximum absolute atomic E-state index is 13.1. The van der Waals surface area contributed by atoms with Crippen LogP contribution in [0.2, 0.25) is 0 Å². The lowest BCUT2D eigenvalue weighted by atomic mass is 9.93. The third kappa shape index (κ3) is 3.80. The zero-order valence-electron chi connectivity index (χ0n) is 15.3. The number of hydrogen-bond donors (Lipinski definition) is 0. The summed E-state index contributed by atoms with van der Waals surface area (Å²) in [6.45, 7) is 0. The van der Waals surface area contributed by atoms with Crippen molar-refractivity contribution in [2.75, 3.05) is 10.7 Å². The lowest BCUT2D eigenvalue weighted by Gasteiger charge is -2.34. The molecule has 1 heterocycles. The normalized spacial score (nSPS) is 18.0. The fraction of sp³-hybridized carbons (Fsp3) is 0.550. The lowest BCUT2D eigenvalue weighted by molar-refractivity contribution is -0.116. The number of aromatic nitrogens is 3. The fourth-order valence-electron chi connectivity index (χ4n) is 3.83. The van der Waals surface area contributed by atoms with Crippen LogP contribution in [0.5, 0.6) is 0 Å². The van der Waals surface area contributed by atoms with Crippen LogP contribution >= 0.6 is 11.8 Å². The summed E-state index contributed by atoms with van der Waals surface area (Å²) < 4.78 is 2.06. The van der Waals surface area contributed by atoms with Gasteiger partial charge in [-0.3, -0.25) is 4.79 Å². The SMILES string of the molecule is Cn1c(SCC(=O)N(c2ccccc2)C2CCCCC2)nnc1C1CC1. The molecule has 2 aromatic rings. The molecule has 1 aromatic carbocycles. The molecule has 0 atom stereocenters. The topological polar surface area (TPSA) is 51.0 Å². The summed E-state index contributed by atoms with van der Waals surface area (Å²) in [6.07, 6.45) is 8.32. The lowest BCUT2D eigenvalue weighted by Crippen LogP contribution is -2.42. The number of hydrogen-bond acceptors (Lipinski definition) is 4. The fourth-order valence-corrected chi connectivity index (χ4v) is 4.61. The number of thioether (sulfide) groups is 1. The van der Waals surface area contributed by atoms with Crippen LogP contribution in [-0.2, 0) is 11.8 Å². The van der Waals surface area contributed by atoms with Gasteiger partial charge >= 0.3 is 0 Å². The molecule has 5 nitrogen and oxygen atoms in total. The average Bonchev–Trinajstić information content (AvgIpc) is 3.45. The Hall–Kier alpha value is -1.82. The Kier molecular flexibility index (Phi) is 5.29. The highest BCUT2D eigenvalue weighted by atomic mass is 32.2. The first kappa shape index (κ1) is 17.6. The van der Waals surface area contributed by atoms with E-state index in [9.17, 15) is 4.79 Å². The van der Waals surface area contributed by atoms with Crippen molar-refractivity contribution in [1.29, 1.82) is 0 Å². The third-order valence-corrected chi connectivity index (χ3v) is 6.38. The largest absolute Gasteiger partial charge is 0.309 e. The second kappa shape index (κ2) is 7.82. The molecular weight excluding hydrogens is 344 g/mol. The molecule has 0 spiro atoms. The summed E-state index contributed by atoms with van der Waals surface area (Å²) in [7, 11) is 2.01. The summed E-state index contributed by atoms with van der Waals surface area (Å²) in [6, 6.07) is 10.4. The molecule has 0 aliphatic heterocycles. The van der Waals surface area contributed by atoms with Crippen molar-refractivity contribution in [1.82, 2.24) is 14.8 Å². The van der Waals surface area contributed by atoms with Crippen LogP contribution in [0.25, 0.3) is 0 Å². The Bertz CT molecular complexity index is 750. The van der Waals surface area contributed by atoms with Gasteiger partial charge < -0.3 is 9.47 Å². The highest BCUT2D eigenvalue weighted by molar-refractivity contribution is 7.99. The van der Waals surface area contributed by atoms with E-state index in [4.69, 9.17) is 0 Å². The molecule has 138 valence electrons. The van der Waals surface area contributed by atoms with Crippen LogP contribution in [0, 0.1) is 0 Å².